The molecule has 4 bridgehead atoms. The van der Waals surface area contributed by atoms with Gasteiger partial charge in [-0.05, 0) is 51.8 Å². The lowest BCUT2D eigenvalue weighted by Gasteiger charge is -2.25. The van der Waals surface area contributed by atoms with Crippen LogP contribution in [0.4, 0.5) is 22.1 Å². The van der Waals surface area contributed by atoms with Crippen molar-refractivity contribution in [3.63, 3.8) is 0 Å². The van der Waals surface area contributed by atoms with Crippen LogP contribution in [0.25, 0.3) is 5.65 Å². The molecule has 3 aromatic rings. The van der Waals surface area contributed by atoms with Crippen LogP contribution < -0.4 is 20.3 Å². The summed E-state index contributed by atoms with van der Waals surface area (Å²) in [6.07, 6.45) is 1.51. The maximum Gasteiger partial charge on any atom is 0.416 e. The molecule has 2 aliphatic heterocycles. The molecule has 11 nitrogen and oxygen atoms in total. The van der Waals surface area contributed by atoms with Crippen molar-refractivity contribution < 1.29 is 23.8 Å². The molecule has 1 unspecified atom stereocenters. The molecule has 2 N–H and O–H groups in total. The monoisotopic (exact) mass is 494 g/mol. The average Bonchev–Trinajstić information content (AvgIpc) is 3.42. The molecule has 0 saturated carbocycles. The van der Waals surface area contributed by atoms with E-state index >= 15 is 0 Å². The Bertz CT molecular complexity index is 1340. The Morgan fingerprint density at radius 2 is 2.08 bits per heavy atom. The summed E-state index contributed by atoms with van der Waals surface area (Å²) < 4.78 is 18.6. The minimum atomic E-state index is -0.665. The van der Waals surface area contributed by atoms with Crippen molar-refractivity contribution in [1.29, 1.82) is 0 Å². The normalized spacial score (nSPS) is 17.9. The zero-order valence-corrected chi connectivity index (χ0v) is 21.0. The molecule has 5 rings (SSSR count). The molecule has 4 heterocycles. The van der Waals surface area contributed by atoms with Crippen LogP contribution in [0.3, 0.4) is 0 Å². The highest BCUT2D eigenvalue weighted by atomic mass is 16.6. The fraction of sp³-hybridized carbons (Fsp3) is 0.440. The third-order valence-corrected chi connectivity index (χ3v) is 5.95. The number of rotatable bonds is 1. The number of nitrogens with zero attached hydrogens (tertiary/aromatic N) is 4. The van der Waals surface area contributed by atoms with Gasteiger partial charge in [-0.15, -0.1) is 0 Å². The number of carbonyl (C=O) groups is 2. The first-order valence-electron chi connectivity index (χ1n) is 11.9. The van der Waals surface area contributed by atoms with Gasteiger partial charge in [0.1, 0.15) is 28.5 Å². The second kappa shape index (κ2) is 8.98. The van der Waals surface area contributed by atoms with E-state index < -0.39 is 11.7 Å². The summed E-state index contributed by atoms with van der Waals surface area (Å²) in [4.78, 5) is 32.6. The number of anilines is 3. The van der Waals surface area contributed by atoms with Gasteiger partial charge in [0.2, 0.25) is 0 Å². The van der Waals surface area contributed by atoms with E-state index in [1.165, 1.54) is 10.7 Å². The Morgan fingerprint density at radius 3 is 2.83 bits per heavy atom. The van der Waals surface area contributed by atoms with Crippen LogP contribution in [0.5, 0.6) is 5.75 Å². The summed E-state index contributed by atoms with van der Waals surface area (Å²) in [5.41, 5.74) is 2.37. The summed E-state index contributed by atoms with van der Waals surface area (Å²) in [5.74, 6) is 1.34. The number of carbonyl (C=O) groups excluding carboxylic acids is 2. The Morgan fingerprint density at radius 1 is 1.28 bits per heavy atom. The number of fused-ring (bicyclic) bond motifs is 6. The number of ether oxygens (including phenoxy) is 3. The number of hydrogen-bond acceptors (Lipinski definition) is 8. The van der Waals surface area contributed by atoms with Gasteiger partial charge in [-0.3, -0.25) is 9.69 Å². The van der Waals surface area contributed by atoms with Gasteiger partial charge in [0.15, 0.2) is 5.65 Å². The molecule has 1 atom stereocenters. The maximum atomic E-state index is 13.1. The Kier molecular flexibility index (Phi) is 5.95. The SMILES string of the molecule is COc1ccc2cc1Nc1nc3c(cnn3c3c1CCN3C(=O)OC(C)(C)C)C(=O)NC(C)COC2. The van der Waals surface area contributed by atoms with Crippen molar-refractivity contribution >= 4 is 35.0 Å². The predicted molar refractivity (Wildman–Crippen MR) is 133 cm³/mol. The summed E-state index contributed by atoms with van der Waals surface area (Å²) in [7, 11) is 1.60. The average molecular weight is 495 g/mol. The van der Waals surface area contributed by atoms with Crippen LogP contribution in [-0.2, 0) is 22.5 Å². The van der Waals surface area contributed by atoms with Crippen molar-refractivity contribution in [2.45, 2.75) is 52.4 Å². The topological polar surface area (TPSA) is 119 Å². The molecule has 0 radical (unpaired) electrons. The van der Waals surface area contributed by atoms with Crippen LogP contribution in [0.15, 0.2) is 24.4 Å². The molecule has 2 aliphatic rings. The van der Waals surface area contributed by atoms with Gasteiger partial charge in [-0.25, -0.2) is 9.78 Å². The largest absolute Gasteiger partial charge is 0.495 e. The molecule has 0 fully saturated rings. The first kappa shape index (κ1) is 23.9. The van der Waals surface area contributed by atoms with Gasteiger partial charge in [0, 0.05) is 18.2 Å². The van der Waals surface area contributed by atoms with E-state index in [4.69, 9.17) is 19.2 Å². The molecule has 1 aromatic carbocycles. The number of amides is 2. The van der Waals surface area contributed by atoms with Crippen molar-refractivity contribution in [3.05, 3.63) is 41.1 Å². The molecular weight excluding hydrogens is 464 g/mol. The lowest BCUT2D eigenvalue weighted by Crippen LogP contribution is -2.37. The minimum Gasteiger partial charge on any atom is -0.495 e. The third kappa shape index (κ3) is 4.41. The van der Waals surface area contributed by atoms with Crippen molar-refractivity contribution in [2.24, 2.45) is 0 Å². The highest BCUT2D eigenvalue weighted by molar-refractivity contribution is 6.01. The van der Waals surface area contributed by atoms with E-state index in [0.29, 0.717) is 60.5 Å². The maximum absolute atomic E-state index is 13.1. The molecule has 190 valence electrons. The molecule has 11 heteroatoms. The van der Waals surface area contributed by atoms with Crippen molar-refractivity contribution in [2.75, 3.05) is 30.5 Å². The minimum absolute atomic E-state index is 0.238. The van der Waals surface area contributed by atoms with E-state index in [1.807, 2.05) is 45.9 Å². The van der Waals surface area contributed by atoms with E-state index in [0.717, 1.165) is 11.1 Å². The molecule has 0 saturated heterocycles. The summed E-state index contributed by atoms with van der Waals surface area (Å²) in [6, 6.07) is 5.51. The Labute approximate surface area is 208 Å². The smallest absolute Gasteiger partial charge is 0.416 e. The van der Waals surface area contributed by atoms with Crippen molar-refractivity contribution in [3.8, 4) is 5.75 Å². The highest BCUT2D eigenvalue weighted by Gasteiger charge is 2.35. The van der Waals surface area contributed by atoms with Crippen molar-refractivity contribution in [1.82, 2.24) is 19.9 Å². The second-order valence-corrected chi connectivity index (χ2v) is 9.99. The first-order chi connectivity index (χ1) is 17.1. The third-order valence-electron chi connectivity index (χ3n) is 5.95. The highest BCUT2D eigenvalue weighted by Crippen LogP contribution is 2.38. The van der Waals surface area contributed by atoms with E-state index in [1.54, 1.807) is 12.0 Å². The zero-order chi connectivity index (χ0) is 25.6. The quantitative estimate of drug-likeness (QED) is 0.528. The van der Waals surface area contributed by atoms with Gasteiger partial charge in [-0.2, -0.15) is 9.61 Å². The molecule has 0 spiro atoms. The van der Waals surface area contributed by atoms with Crippen LogP contribution >= 0.6 is 0 Å². The number of hydrogen-bond donors (Lipinski definition) is 2. The summed E-state index contributed by atoms with van der Waals surface area (Å²) >= 11 is 0. The summed E-state index contributed by atoms with van der Waals surface area (Å²) in [5, 5.41) is 10.8. The van der Waals surface area contributed by atoms with Gasteiger partial charge in [0.05, 0.1) is 32.2 Å². The van der Waals surface area contributed by atoms with Crippen LogP contribution in [0, 0.1) is 0 Å². The molecule has 0 aliphatic carbocycles. The fourth-order valence-corrected chi connectivity index (χ4v) is 4.37. The number of aromatic nitrogens is 3. The van der Waals surface area contributed by atoms with Gasteiger partial charge < -0.3 is 24.8 Å². The van der Waals surface area contributed by atoms with Gasteiger partial charge >= 0.3 is 6.09 Å². The van der Waals surface area contributed by atoms with Crippen LogP contribution in [-0.4, -0.2) is 58.5 Å². The molecular formula is C25H30N6O5. The van der Waals surface area contributed by atoms with E-state index in [9.17, 15) is 9.59 Å². The lowest BCUT2D eigenvalue weighted by atomic mass is 10.1. The molecule has 2 aromatic heterocycles. The molecule has 36 heavy (non-hydrogen) atoms. The van der Waals surface area contributed by atoms with Gasteiger partial charge in [-0.1, -0.05) is 6.07 Å². The Hall–Kier alpha value is -3.86. The lowest BCUT2D eigenvalue weighted by molar-refractivity contribution is 0.0582. The second-order valence-electron chi connectivity index (χ2n) is 9.99. The van der Waals surface area contributed by atoms with E-state index in [2.05, 4.69) is 15.7 Å². The van der Waals surface area contributed by atoms with Crippen LogP contribution in [0.2, 0.25) is 0 Å². The van der Waals surface area contributed by atoms with E-state index in [-0.39, 0.29) is 11.9 Å². The Balaban J connectivity index is 1.70. The number of benzene rings is 1. The molecule has 2 amide bonds. The number of methoxy groups -OCH3 is 1. The fourth-order valence-electron chi connectivity index (χ4n) is 4.37. The summed E-state index contributed by atoms with van der Waals surface area (Å²) in [6.45, 7) is 8.43. The zero-order valence-electron chi connectivity index (χ0n) is 21.0. The number of nitrogens with one attached hydrogen (secondary N) is 2. The predicted octanol–water partition coefficient (Wildman–Crippen LogP) is 3.43. The van der Waals surface area contributed by atoms with Gasteiger partial charge in [0.25, 0.3) is 5.91 Å². The first-order valence-corrected chi connectivity index (χ1v) is 11.9. The standard InChI is InChI=1S/C25H30N6O5/c1-14-12-35-13-15-6-7-19(34-5)18(10-15)28-20-16-8-9-30(24(33)36-25(2,3)4)23(16)31-21(29-20)17(11-26-31)22(32)27-14/h6-7,10-11,14H,8-9,12-13H2,1-5H3,(H,27,32)(H,28,29). The van der Waals surface area contributed by atoms with Crippen LogP contribution in [0.1, 0.15) is 49.2 Å².